The summed E-state index contributed by atoms with van der Waals surface area (Å²) in [6, 6.07) is 7.16. The van der Waals surface area contributed by atoms with Gasteiger partial charge in [0.25, 0.3) is 5.91 Å². The third kappa shape index (κ3) is 7.59. The van der Waals surface area contributed by atoms with E-state index in [-0.39, 0.29) is 15.9 Å². The van der Waals surface area contributed by atoms with Gasteiger partial charge in [0.15, 0.2) is 0 Å². The van der Waals surface area contributed by atoms with Crippen molar-refractivity contribution in [3.63, 3.8) is 0 Å². The van der Waals surface area contributed by atoms with Gasteiger partial charge in [-0.3, -0.25) is 9.78 Å². The van der Waals surface area contributed by atoms with Crippen LogP contribution in [0.3, 0.4) is 0 Å². The Morgan fingerprint density at radius 2 is 1.90 bits per heavy atom. The fourth-order valence-corrected chi connectivity index (χ4v) is 4.32. The van der Waals surface area contributed by atoms with Crippen LogP contribution in [0.5, 0.6) is 0 Å². The molecule has 39 heavy (non-hydrogen) atoms. The Morgan fingerprint density at radius 1 is 1.18 bits per heavy atom. The number of benzene rings is 1. The van der Waals surface area contributed by atoms with E-state index >= 15 is 0 Å². The predicted molar refractivity (Wildman–Crippen MR) is 142 cm³/mol. The van der Waals surface area contributed by atoms with E-state index in [0.717, 1.165) is 36.5 Å². The Balaban J connectivity index is 2.17. The van der Waals surface area contributed by atoms with E-state index in [9.17, 15) is 27.9 Å². The smallest absolute Gasteiger partial charge is 0.432 e. The molecule has 1 aromatic carbocycles. The molecule has 0 aliphatic heterocycles. The van der Waals surface area contributed by atoms with E-state index in [1.54, 1.807) is 29.8 Å². The summed E-state index contributed by atoms with van der Waals surface area (Å²) in [6.07, 6.45) is -3.65. The van der Waals surface area contributed by atoms with Crippen LogP contribution in [0, 0.1) is 6.92 Å². The number of hydrogen-bond donors (Lipinski definition) is 1. The van der Waals surface area contributed by atoms with Gasteiger partial charge in [-0.1, -0.05) is 51.5 Å². The highest BCUT2D eigenvalue weighted by molar-refractivity contribution is 7.09. The minimum absolute atomic E-state index is 0.205. The lowest BCUT2D eigenvalue weighted by molar-refractivity contribution is -0.137. The largest absolute Gasteiger partial charge is 0.463 e. The zero-order valence-corrected chi connectivity index (χ0v) is 23.0. The fraction of sp³-hybridized carbons (Fsp3) is 0.385. The first-order chi connectivity index (χ1) is 18.2. The Labute approximate surface area is 227 Å². The van der Waals surface area contributed by atoms with Crippen molar-refractivity contribution in [2.75, 3.05) is 5.01 Å². The number of carboxylic acid groups (broad SMARTS) is 1. The number of hydrazone groups is 1. The highest BCUT2D eigenvalue weighted by Gasteiger charge is 2.33. The zero-order valence-electron chi connectivity index (χ0n) is 22.2. The van der Waals surface area contributed by atoms with Crippen LogP contribution in [0.1, 0.15) is 72.9 Å². The molecule has 0 aliphatic rings. The molecule has 2 amide bonds. The number of nitrogens with zero attached hydrogens (tertiary/aromatic N) is 6. The summed E-state index contributed by atoms with van der Waals surface area (Å²) < 4.78 is 42.3. The van der Waals surface area contributed by atoms with Crippen LogP contribution in [0.2, 0.25) is 0 Å². The van der Waals surface area contributed by atoms with E-state index in [0.29, 0.717) is 40.1 Å². The molecule has 2 aromatic heterocycles. The van der Waals surface area contributed by atoms with Gasteiger partial charge in [0.05, 0.1) is 28.7 Å². The van der Waals surface area contributed by atoms with Crippen molar-refractivity contribution in [1.82, 2.24) is 14.8 Å². The third-order valence-corrected chi connectivity index (χ3v) is 6.73. The maximum atomic E-state index is 13.6. The number of carbonyl (C=O) groups excluding carboxylic acids is 1. The number of rotatable bonds is 7. The monoisotopic (exact) mass is 562 g/mol. The lowest BCUT2D eigenvalue weighted by atomic mass is 9.98. The second-order valence-corrected chi connectivity index (χ2v) is 10.7. The zero-order chi connectivity index (χ0) is 29.0. The van der Waals surface area contributed by atoms with Crippen LogP contribution in [0.15, 0.2) is 46.5 Å². The molecule has 0 spiro atoms. The molecule has 3 rings (SSSR count). The van der Waals surface area contributed by atoms with Gasteiger partial charge in [-0.2, -0.15) is 33.4 Å². The Morgan fingerprint density at radius 3 is 2.49 bits per heavy atom. The van der Waals surface area contributed by atoms with Gasteiger partial charge in [0.1, 0.15) is 5.01 Å². The number of aryl methyl sites for hydroxylation is 2. The summed E-state index contributed by atoms with van der Waals surface area (Å²) in [5.41, 5.74) is -1.46. The number of halogens is 3. The van der Waals surface area contributed by atoms with Gasteiger partial charge >= 0.3 is 12.3 Å². The number of aromatic nitrogens is 3. The molecule has 2 heterocycles. The van der Waals surface area contributed by atoms with Gasteiger partial charge < -0.3 is 5.11 Å². The summed E-state index contributed by atoms with van der Waals surface area (Å²) in [6.45, 7) is 10.0. The topological polar surface area (TPSA) is 113 Å². The molecule has 1 N–H and O–H groups in total. The maximum Gasteiger partial charge on any atom is 0.432 e. The standard InChI is InChI=1S/C26H29F3N6O3S/c1-6-7-13-34-23(39-22(33-34)25(3,4)5)32-21(36)19-14-17(26(27,28)29)11-12-20(19)35(24(37)38)30-15-18-10-8-9-16(2)31-18/h8-12,14-15H,6-7,13H2,1-5H3,(H,37,38)/b30-15-,32-23?. The molecule has 0 radical (unpaired) electrons. The van der Waals surface area contributed by atoms with E-state index in [4.69, 9.17) is 0 Å². The number of amides is 2. The van der Waals surface area contributed by atoms with Crippen molar-refractivity contribution in [2.45, 2.75) is 65.6 Å². The maximum absolute atomic E-state index is 13.6. The Kier molecular flexibility index (Phi) is 9.05. The molecule has 3 aromatic rings. The third-order valence-electron chi connectivity index (χ3n) is 5.36. The fourth-order valence-electron chi connectivity index (χ4n) is 3.33. The molecular formula is C26H29F3N6O3S. The minimum atomic E-state index is -4.78. The van der Waals surface area contributed by atoms with Crippen molar-refractivity contribution in [3.8, 4) is 0 Å². The van der Waals surface area contributed by atoms with Crippen LogP contribution in [-0.2, 0) is 18.1 Å². The molecule has 0 saturated heterocycles. The molecule has 9 nitrogen and oxygen atoms in total. The highest BCUT2D eigenvalue weighted by Crippen LogP contribution is 2.33. The highest BCUT2D eigenvalue weighted by atomic mass is 32.1. The van der Waals surface area contributed by atoms with Gasteiger partial charge in [-0.15, -0.1) is 0 Å². The van der Waals surface area contributed by atoms with Crippen LogP contribution in [0.4, 0.5) is 23.7 Å². The molecule has 0 saturated carbocycles. The Bertz CT molecular complexity index is 1450. The average molecular weight is 563 g/mol. The van der Waals surface area contributed by atoms with Crippen molar-refractivity contribution >= 4 is 35.2 Å². The van der Waals surface area contributed by atoms with E-state index < -0.39 is 29.3 Å². The van der Waals surface area contributed by atoms with Gasteiger partial charge in [-0.25, -0.2) is 9.48 Å². The second kappa shape index (κ2) is 11.9. The number of pyridine rings is 1. The van der Waals surface area contributed by atoms with Crippen LogP contribution in [-0.4, -0.2) is 38.1 Å². The quantitative estimate of drug-likeness (QED) is 0.279. The predicted octanol–water partition coefficient (Wildman–Crippen LogP) is 6.02. The first-order valence-corrected chi connectivity index (χ1v) is 12.9. The number of alkyl halides is 3. The van der Waals surface area contributed by atoms with E-state index in [1.807, 2.05) is 27.7 Å². The molecule has 0 bridgehead atoms. The van der Waals surface area contributed by atoms with Crippen molar-refractivity contribution in [3.05, 3.63) is 68.7 Å². The summed E-state index contributed by atoms with van der Waals surface area (Å²) in [5.74, 6) is -1.06. The first-order valence-electron chi connectivity index (χ1n) is 12.1. The van der Waals surface area contributed by atoms with Crippen molar-refractivity contribution in [1.29, 1.82) is 0 Å². The van der Waals surface area contributed by atoms with E-state index in [1.165, 1.54) is 0 Å². The minimum Gasteiger partial charge on any atom is -0.463 e. The Hall–Kier alpha value is -3.87. The number of carbonyl (C=O) groups is 2. The molecule has 13 heteroatoms. The number of unbranched alkanes of at least 4 members (excludes halogenated alkanes) is 1. The molecule has 208 valence electrons. The summed E-state index contributed by atoms with van der Waals surface area (Å²) in [7, 11) is 0. The molecule has 0 aliphatic carbocycles. The SMILES string of the molecule is CCCCn1nc(C(C)(C)C)sc1=NC(=O)c1cc(C(F)(F)F)ccc1N(/N=C\c1cccc(C)n1)C(=O)O. The van der Waals surface area contributed by atoms with Gasteiger partial charge in [-0.05, 0) is 43.7 Å². The number of hydrogen-bond acceptors (Lipinski definition) is 6. The number of anilines is 1. The van der Waals surface area contributed by atoms with Gasteiger partial charge in [0, 0.05) is 17.7 Å². The molecular weight excluding hydrogens is 533 g/mol. The lowest BCUT2D eigenvalue weighted by Crippen LogP contribution is -2.26. The van der Waals surface area contributed by atoms with Crippen molar-refractivity contribution < 1.29 is 27.9 Å². The summed E-state index contributed by atoms with van der Waals surface area (Å²) in [5, 5.41) is 19.4. The van der Waals surface area contributed by atoms with Crippen LogP contribution < -0.4 is 9.81 Å². The summed E-state index contributed by atoms with van der Waals surface area (Å²) in [4.78, 5) is 34.0. The van der Waals surface area contributed by atoms with E-state index in [2.05, 4.69) is 20.2 Å². The summed E-state index contributed by atoms with van der Waals surface area (Å²) >= 11 is 1.15. The second-order valence-electron chi connectivity index (χ2n) is 9.71. The van der Waals surface area contributed by atoms with Crippen LogP contribution in [0.25, 0.3) is 0 Å². The first kappa shape index (κ1) is 29.7. The van der Waals surface area contributed by atoms with Crippen LogP contribution >= 0.6 is 11.3 Å². The van der Waals surface area contributed by atoms with Crippen molar-refractivity contribution in [2.24, 2.45) is 10.1 Å². The lowest BCUT2D eigenvalue weighted by Gasteiger charge is -2.17. The normalized spacial score (nSPS) is 12.8. The molecule has 0 atom stereocenters. The molecule has 0 unspecified atom stereocenters. The molecule has 0 fully saturated rings. The average Bonchev–Trinajstić information content (AvgIpc) is 3.25. The van der Waals surface area contributed by atoms with Gasteiger partial charge in [0.2, 0.25) is 4.80 Å².